The molecule has 8 rings (SSSR count). The van der Waals surface area contributed by atoms with Gasteiger partial charge in [0.05, 0.1) is 22.2 Å². The number of nitrogens with zero attached hydrogens (tertiary/aromatic N) is 5. The lowest BCUT2D eigenvalue weighted by Gasteiger charge is -2.08. The van der Waals surface area contributed by atoms with Crippen molar-refractivity contribution in [2.24, 2.45) is 0 Å². The predicted octanol–water partition coefficient (Wildman–Crippen LogP) is 8.79. The summed E-state index contributed by atoms with van der Waals surface area (Å²) < 4.78 is 0. The fourth-order valence-electron chi connectivity index (χ4n) is 5.37. The lowest BCUT2D eigenvalue weighted by atomic mass is 10.00. The molecular formula is C37H23N5. The zero-order valence-electron chi connectivity index (χ0n) is 22.5. The molecule has 0 unspecified atom stereocenters. The van der Waals surface area contributed by atoms with Crippen LogP contribution in [0.25, 0.3) is 77.7 Å². The minimum Gasteiger partial charge on any atom is -0.254 e. The summed E-state index contributed by atoms with van der Waals surface area (Å²) in [6.07, 6.45) is 5.54. The van der Waals surface area contributed by atoms with Crippen molar-refractivity contribution in [3.05, 3.63) is 140 Å². The molecule has 0 N–H and O–H groups in total. The Morgan fingerprint density at radius 3 is 1.69 bits per heavy atom. The van der Waals surface area contributed by atoms with Gasteiger partial charge in [0.15, 0.2) is 5.82 Å². The summed E-state index contributed by atoms with van der Waals surface area (Å²) in [7, 11) is 0. The zero-order chi connectivity index (χ0) is 27.9. The average molecular weight is 538 g/mol. The van der Waals surface area contributed by atoms with Crippen molar-refractivity contribution in [3.63, 3.8) is 0 Å². The van der Waals surface area contributed by atoms with Gasteiger partial charge in [0.1, 0.15) is 5.69 Å². The topological polar surface area (TPSA) is 64.5 Å². The normalized spacial score (nSPS) is 11.3. The standard InChI is InChI=1S/C37H23N5/c1-2-6-32-27(4-1)17-20-34(41-32)37-39-22-31(23-40-37)26-9-7-24(8-10-26)25-11-13-28(14-12-25)33-19-18-30-16-15-29-5-3-21-38-35(29)36(30)42-33/h1-23H. The molecular weight excluding hydrogens is 514 g/mol. The third kappa shape index (κ3) is 4.34. The molecule has 0 amide bonds. The molecule has 0 atom stereocenters. The summed E-state index contributed by atoms with van der Waals surface area (Å²) in [5.74, 6) is 0.617. The molecule has 5 heteroatoms. The maximum atomic E-state index is 4.98. The highest BCUT2D eigenvalue weighted by Gasteiger charge is 2.09. The van der Waals surface area contributed by atoms with E-state index in [1.165, 1.54) is 0 Å². The third-order valence-corrected chi connectivity index (χ3v) is 7.64. The fourth-order valence-corrected chi connectivity index (χ4v) is 5.37. The van der Waals surface area contributed by atoms with E-state index in [0.29, 0.717) is 5.82 Å². The first kappa shape index (κ1) is 24.0. The van der Waals surface area contributed by atoms with Crippen molar-refractivity contribution >= 4 is 32.7 Å². The maximum absolute atomic E-state index is 4.98. The van der Waals surface area contributed by atoms with E-state index in [1.807, 2.05) is 48.9 Å². The Bertz CT molecular complexity index is 2220. The van der Waals surface area contributed by atoms with Crippen molar-refractivity contribution < 1.29 is 0 Å². The van der Waals surface area contributed by atoms with E-state index in [2.05, 4.69) is 106 Å². The summed E-state index contributed by atoms with van der Waals surface area (Å²) in [6.45, 7) is 0. The Hall–Kier alpha value is -5.81. The van der Waals surface area contributed by atoms with Gasteiger partial charge >= 0.3 is 0 Å². The first-order valence-corrected chi connectivity index (χ1v) is 13.8. The molecule has 0 aliphatic heterocycles. The van der Waals surface area contributed by atoms with E-state index >= 15 is 0 Å². The third-order valence-electron chi connectivity index (χ3n) is 7.64. The molecule has 4 aromatic heterocycles. The van der Waals surface area contributed by atoms with Gasteiger partial charge in [0, 0.05) is 45.9 Å². The summed E-state index contributed by atoms with van der Waals surface area (Å²) in [5.41, 5.74) is 9.88. The van der Waals surface area contributed by atoms with Crippen LogP contribution in [0.15, 0.2) is 140 Å². The van der Waals surface area contributed by atoms with E-state index in [4.69, 9.17) is 9.97 Å². The quantitative estimate of drug-likeness (QED) is 0.210. The van der Waals surface area contributed by atoms with Crippen molar-refractivity contribution in [2.45, 2.75) is 0 Å². The molecule has 5 nitrogen and oxygen atoms in total. The van der Waals surface area contributed by atoms with Crippen molar-refractivity contribution in [2.75, 3.05) is 0 Å². The Morgan fingerprint density at radius 1 is 0.357 bits per heavy atom. The second-order valence-corrected chi connectivity index (χ2v) is 10.2. The van der Waals surface area contributed by atoms with Crippen molar-refractivity contribution in [1.29, 1.82) is 0 Å². The Morgan fingerprint density at radius 2 is 0.929 bits per heavy atom. The Balaban J connectivity index is 1.03. The smallest absolute Gasteiger partial charge is 0.178 e. The average Bonchev–Trinajstić information content (AvgIpc) is 3.08. The van der Waals surface area contributed by atoms with Crippen LogP contribution in [0.3, 0.4) is 0 Å². The van der Waals surface area contributed by atoms with E-state index in [1.54, 1.807) is 0 Å². The van der Waals surface area contributed by atoms with Gasteiger partial charge in [-0.2, -0.15) is 0 Å². The van der Waals surface area contributed by atoms with Crippen molar-refractivity contribution in [1.82, 2.24) is 24.9 Å². The monoisotopic (exact) mass is 537 g/mol. The molecule has 42 heavy (non-hydrogen) atoms. The molecule has 0 aliphatic rings. The van der Waals surface area contributed by atoms with Gasteiger partial charge in [-0.1, -0.05) is 97.1 Å². The number of fused-ring (bicyclic) bond motifs is 4. The van der Waals surface area contributed by atoms with Gasteiger partial charge in [0.25, 0.3) is 0 Å². The molecule has 0 saturated carbocycles. The number of hydrogen-bond donors (Lipinski definition) is 0. The molecule has 0 radical (unpaired) electrons. The van der Waals surface area contributed by atoms with Crippen LogP contribution in [-0.4, -0.2) is 24.9 Å². The van der Waals surface area contributed by atoms with E-state index < -0.39 is 0 Å². The van der Waals surface area contributed by atoms with Crippen LogP contribution in [0, 0.1) is 0 Å². The lowest BCUT2D eigenvalue weighted by Crippen LogP contribution is -1.93. The van der Waals surface area contributed by atoms with Gasteiger partial charge < -0.3 is 0 Å². The molecule has 0 fully saturated rings. The number of hydrogen-bond acceptors (Lipinski definition) is 5. The zero-order valence-corrected chi connectivity index (χ0v) is 22.5. The second kappa shape index (κ2) is 9.98. The Labute approximate surface area is 242 Å². The molecule has 196 valence electrons. The minimum atomic E-state index is 0.617. The van der Waals surface area contributed by atoms with Crippen LogP contribution in [0.4, 0.5) is 0 Å². The fraction of sp³-hybridized carbons (Fsp3) is 0. The second-order valence-electron chi connectivity index (χ2n) is 10.2. The van der Waals surface area contributed by atoms with E-state index in [-0.39, 0.29) is 0 Å². The van der Waals surface area contributed by atoms with Gasteiger partial charge in [-0.15, -0.1) is 0 Å². The SMILES string of the molecule is c1ccc2nc(-c3ncc(-c4ccc(-c5ccc(-c6ccc7ccc8cccnc8c7n6)cc5)cc4)cn3)ccc2c1. The van der Waals surface area contributed by atoms with Crippen LogP contribution in [0.5, 0.6) is 0 Å². The first-order valence-electron chi connectivity index (χ1n) is 13.8. The van der Waals surface area contributed by atoms with Crippen LogP contribution >= 0.6 is 0 Å². The van der Waals surface area contributed by atoms with Crippen LogP contribution < -0.4 is 0 Å². The minimum absolute atomic E-state index is 0.617. The molecule has 8 aromatic rings. The highest BCUT2D eigenvalue weighted by Crippen LogP contribution is 2.29. The predicted molar refractivity (Wildman–Crippen MR) is 170 cm³/mol. The molecule has 4 aromatic carbocycles. The summed E-state index contributed by atoms with van der Waals surface area (Å²) in [6, 6.07) is 41.5. The highest BCUT2D eigenvalue weighted by molar-refractivity contribution is 6.03. The van der Waals surface area contributed by atoms with Crippen molar-refractivity contribution in [3.8, 4) is 45.0 Å². The van der Waals surface area contributed by atoms with E-state index in [9.17, 15) is 0 Å². The van der Waals surface area contributed by atoms with Gasteiger partial charge in [-0.25, -0.2) is 19.9 Å². The number of benzene rings is 4. The lowest BCUT2D eigenvalue weighted by molar-refractivity contribution is 1.15. The van der Waals surface area contributed by atoms with Crippen LogP contribution in [0.1, 0.15) is 0 Å². The molecule has 0 spiro atoms. The van der Waals surface area contributed by atoms with Crippen LogP contribution in [-0.2, 0) is 0 Å². The van der Waals surface area contributed by atoms with Gasteiger partial charge in [-0.3, -0.25) is 4.98 Å². The number of rotatable bonds is 4. The molecule has 0 bridgehead atoms. The molecule has 4 heterocycles. The first-order chi connectivity index (χ1) is 20.8. The van der Waals surface area contributed by atoms with Crippen LogP contribution in [0.2, 0.25) is 0 Å². The summed E-state index contributed by atoms with van der Waals surface area (Å²) in [5, 5.41) is 3.29. The van der Waals surface area contributed by atoms with Gasteiger partial charge in [0.2, 0.25) is 0 Å². The summed E-state index contributed by atoms with van der Waals surface area (Å²) in [4.78, 5) is 23.5. The number of para-hydroxylation sites is 1. The number of pyridine rings is 3. The highest BCUT2D eigenvalue weighted by atomic mass is 14.9. The largest absolute Gasteiger partial charge is 0.254 e. The Kier molecular flexibility index (Phi) is 5.71. The maximum Gasteiger partial charge on any atom is 0.178 e. The number of aromatic nitrogens is 5. The molecule has 0 saturated heterocycles. The van der Waals surface area contributed by atoms with E-state index in [0.717, 1.165) is 71.9 Å². The molecule has 0 aliphatic carbocycles. The van der Waals surface area contributed by atoms with Gasteiger partial charge in [-0.05, 0) is 41.0 Å². The summed E-state index contributed by atoms with van der Waals surface area (Å²) >= 11 is 0.